The Morgan fingerprint density at radius 1 is 1.00 bits per heavy atom. The van der Waals surface area contributed by atoms with Crippen molar-refractivity contribution < 1.29 is 9.53 Å². The van der Waals surface area contributed by atoms with Crippen molar-refractivity contribution in [2.75, 3.05) is 7.11 Å². The number of hydrogen-bond donors (Lipinski definition) is 1. The number of carbonyl (C=O) groups is 1. The Labute approximate surface area is 145 Å². The molecule has 24 heavy (non-hydrogen) atoms. The zero-order valence-electron chi connectivity index (χ0n) is 15.0. The molecule has 2 aromatic rings. The van der Waals surface area contributed by atoms with Crippen molar-refractivity contribution in [1.29, 1.82) is 0 Å². The largest absolute Gasteiger partial charge is 0.497 e. The SMILES string of the molecule is COc1ccc([C@H](CCC(=O)NC(C)(C)C)c2ccccc2)cc1. The number of nitrogens with one attached hydrogen (secondary N) is 1. The van der Waals surface area contributed by atoms with E-state index in [1.807, 2.05) is 51.1 Å². The molecule has 0 fully saturated rings. The fourth-order valence-corrected chi connectivity index (χ4v) is 2.80. The van der Waals surface area contributed by atoms with Crippen LogP contribution in [-0.2, 0) is 4.79 Å². The number of hydrogen-bond acceptors (Lipinski definition) is 2. The van der Waals surface area contributed by atoms with Gasteiger partial charge in [0, 0.05) is 17.9 Å². The van der Waals surface area contributed by atoms with Crippen LogP contribution in [0, 0.1) is 0 Å². The summed E-state index contributed by atoms with van der Waals surface area (Å²) in [7, 11) is 1.67. The Balaban J connectivity index is 2.16. The molecular weight excluding hydrogens is 298 g/mol. The lowest BCUT2D eigenvalue weighted by atomic mass is 9.87. The standard InChI is InChI=1S/C21H27NO2/c1-21(2,3)22-20(23)15-14-19(16-8-6-5-7-9-16)17-10-12-18(24-4)13-11-17/h5-13,19H,14-15H2,1-4H3,(H,22,23)/t19-/m1/s1. The van der Waals surface area contributed by atoms with Crippen molar-refractivity contribution in [2.24, 2.45) is 0 Å². The topological polar surface area (TPSA) is 38.3 Å². The minimum Gasteiger partial charge on any atom is -0.497 e. The Hall–Kier alpha value is -2.29. The van der Waals surface area contributed by atoms with Gasteiger partial charge in [-0.3, -0.25) is 4.79 Å². The van der Waals surface area contributed by atoms with Gasteiger partial charge in [-0.25, -0.2) is 0 Å². The van der Waals surface area contributed by atoms with E-state index >= 15 is 0 Å². The zero-order valence-corrected chi connectivity index (χ0v) is 15.0. The molecular formula is C21H27NO2. The lowest BCUT2D eigenvalue weighted by Crippen LogP contribution is -2.40. The maximum atomic E-state index is 12.2. The van der Waals surface area contributed by atoms with Crippen molar-refractivity contribution in [3.63, 3.8) is 0 Å². The lowest BCUT2D eigenvalue weighted by molar-refractivity contribution is -0.122. The normalized spacial score (nSPS) is 12.5. The monoisotopic (exact) mass is 325 g/mol. The molecule has 0 bridgehead atoms. The van der Waals surface area contributed by atoms with Gasteiger partial charge in [-0.1, -0.05) is 42.5 Å². The summed E-state index contributed by atoms with van der Waals surface area (Å²) < 4.78 is 5.24. The van der Waals surface area contributed by atoms with Crippen LogP contribution in [0.25, 0.3) is 0 Å². The van der Waals surface area contributed by atoms with Gasteiger partial charge in [0.1, 0.15) is 5.75 Å². The summed E-state index contributed by atoms with van der Waals surface area (Å²) in [6.45, 7) is 6.01. The van der Waals surface area contributed by atoms with Crippen molar-refractivity contribution in [3.8, 4) is 5.75 Å². The number of carbonyl (C=O) groups excluding carboxylic acids is 1. The molecule has 0 radical (unpaired) electrons. The third-order valence-corrected chi connectivity index (χ3v) is 3.89. The molecule has 128 valence electrons. The fourth-order valence-electron chi connectivity index (χ4n) is 2.80. The summed E-state index contributed by atoms with van der Waals surface area (Å²) in [5.41, 5.74) is 2.23. The quantitative estimate of drug-likeness (QED) is 0.848. The highest BCUT2D eigenvalue weighted by Gasteiger charge is 2.18. The summed E-state index contributed by atoms with van der Waals surface area (Å²) in [5, 5.41) is 3.04. The first-order valence-corrected chi connectivity index (χ1v) is 8.39. The van der Waals surface area contributed by atoms with E-state index in [0.29, 0.717) is 6.42 Å². The van der Waals surface area contributed by atoms with Gasteiger partial charge >= 0.3 is 0 Å². The van der Waals surface area contributed by atoms with E-state index in [0.717, 1.165) is 12.2 Å². The molecule has 0 aromatic heterocycles. The van der Waals surface area contributed by atoms with Crippen LogP contribution in [0.15, 0.2) is 54.6 Å². The van der Waals surface area contributed by atoms with Crippen LogP contribution >= 0.6 is 0 Å². The number of benzene rings is 2. The highest BCUT2D eigenvalue weighted by Crippen LogP contribution is 2.30. The first-order valence-electron chi connectivity index (χ1n) is 8.39. The third kappa shape index (κ3) is 5.41. The van der Waals surface area contributed by atoms with Crippen molar-refractivity contribution in [3.05, 3.63) is 65.7 Å². The van der Waals surface area contributed by atoms with Crippen LogP contribution in [0.4, 0.5) is 0 Å². The highest BCUT2D eigenvalue weighted by molar-refractivity contribution is 5.76. The Morgan fingerprint density at radius 2 is 1.58 bits per heavy atom. The molecule has 1 atom stereocenters. The van der Waals surface area contributed by atoms with Crippen LogP contribution in [0.2, 0.25) is 0 Å². The first-order chi connectivity index (χ1) is 11.4. The Kier molecular flexibility index (Phi) is 6.02. The predicted molar refractivity (Wildman–Crippen MR) is 98.4 cm³/mol. The molecule has 1 N–H and O–H groups in total. The van der Waals surface area contributed by atoms with E-state index in [1.165, 1.54) is 11.1 Å². The van der Waals surface area contributed by atoms with E-state index in [4.69, 9.17) is 4.74 Å². The predicted octanol–water partition coefficient (Wildman–Crippen LogP) is 4.52. The molecule has 0 saturated heterocycles. The molecule has 0 aliphatic carbocycles. The lowest BCUT2D eigenvalue weighted by Gasteiger charge is -2.22. The highest BCUT2D eigenvalue weighted by atomic mass is 16.5. The van der Waals surface area contributed by atoms with Gasteiger partial charge in [0.25, 0.3) is 0 Å². The smallest absolute Gasteiger partial charge is 0.220 e. The van der Waals surface area contributed by atoms with E-state index in [2.05, 4.69) is 29.6 Å². The molecule has 0 heterocycles. The van der Waals surface area contributed by atoms with Gasteiger partial charge in [0.2, 0.25) is 5.91 Å². The number of rotatable bonds is 6. The molecule has 0 aliphatic rings. The summed E-state index contributed by atoms with van der Waals surface area (Å²) in [6, 6.07) is 18.5. The van der Waals surface area contributed by atoms with Crippen LogP contribution in [0.3, 0.4) is 0 Å². The maximum absolute atomic E-state index is 12.2. The fraction of sp³-hybridized carbons (Fsp3) is 0.381. The Bertz CT molecular complexity index is 642. The number of ether oxygens (including phenoxy) is 1. The zero-order chi connectivity index (χ0) is 17.6. The average Bonchev–Trinajstić information content (AvgIpc) is 2.55. The van der Waals surface area contributed by atoms with E-state index < -0.39 is 0 Å². The van der Waals surface area contributed by atoms with Crippen LogP contribution in [0.5, 0.6) is 5.75 Å². The second kappa shape index (κ2) is 8.00. The van der Waals surface area contributed by atoms with Crippen LogP contribution in [0.1, 0.15) is 50.7 Å². The minimum absolute atomic E-state index is 0.0944. The van der Waals surface area contributed by atoms with Gasteiger partial charge in [-0.2, -0.15) is 0 Å². The Morgan fingerprint density at radius 3 is 2.12 bits per heavy atom. The molecule has 0 saturated carbocycles. The minimum atomic E-state index is -0.195. The molecule has 2 aromatic carbocycles. The van der Waals surface area contributed by atoms with Gasteiger partial charge in [0.15, 0.2) is 0 Å². The van der Waals surface area contributed by atoms with Crippen molar-refractivity contribution in [2.45, 2.75) is 45.1 Å². The second-order valence-corrected chi connectivity index (χ2v) is 7.07. The van der Waals surface area contributed by atoms with Gasteiger partial charge in [-0.05, 0) is 50.5 Å². The second-order valence-electron chi connectivity index (χ2n) is 7.07. The molecule has 3 heteroatoms. The van der Waals surface area contributed by atoms with Crippen LogP contribution < -0.4 is 10.1 Å². The van der Waals surface area contributed by atoms with Gasteiger partial charge < -0.3 is 10.1 Å². The summed E-state index contributed by atoms with van der Waals surface area (Å²) in [4.78, 5) is 12.2. The number of methoxy groups -OCH3 is 1. The van der Waals surface area contributed by atoms with Crippen LogP contribution in [-0.4, -0.2) is 18.6 Å². The molecule has 0 unspecified atom stereocenters. The molecule has 2 rings (SSSR count). The average molecular weight is 325 g/mol. The van der Waals surface area contributed by atoms with E-state index in [9.17, 15) is 4.79 Å². The summed E-state index contributed by atoms with van der Waals surface area (Å²) in [5.74, 6) is 1.14. The van der Waals surface area contributed by atoms with Crippen molar-refractivity contribution in [1.82, 2.24) is 5.32 Å². The van der Waals surface area contributed by atoms with Gasteiger partial charge in [-0.15, -0.1) is 0 Å². The number of amides is 1. The maximum Gasteiger partial charge on any atom is 0.220 e. The molecule has 3 nitrogen and oxygen atoms in total. The molecule has 1 amide bonds. The first kappa shape index (κ1) is 18.1. The molecule has 0 spiro atoms. The van der Waals surface area contributed by atoms with E-state index in [1.54, 1.807) is 7.11 Å². The van der Waals surface area contributed by atoms with Crippen molar-refractivity contribution >= 4 is 5.91 Å². The third-order valence-electron chi connectivity index (χ3n) is 3.89. The van der Waals surface area contributed by atoms with E-state index in [-0.39, 0.29) is 17.4 Å². The van der Waals surface area contributed by atoms with Gasteiger partial charge in [0.05, 0.1) is 7.11 Å². The molecule has 0 aliphatic heterocycles. The summed E-state index contributed by atoms with van der Waals surface area (Å²) >= 11 is 0. The summed E-state index contributed by atoms with van der Waals surface area (Å²) in [6.07, 6.45) is 1.28.